The third-order valence-electron chi connectivity index (χ3n) is 1.22. The van der Waals surface area contributed by atoms with Crippen molar-refractivity contribution in [3.8, 4) is 11.8 Å². The Balaban J connectivity index is 2.69. The predicted octanol–water partition coefficient (Wildman–Crippen LogP) is -0.0729. The number of aromatic nitrogens is 3. The fraction of sp³-hybridized carbons (Fsp3) is 0.286. The van der Waals surface area contributed by atoms with Crippen LogP contribution in [0.1, 0.15) is 13.0 Å². The quantitative estimate of drug-likeness (QED) is 0.591. The van der Waals surface area contributed by atoms with Crippen molar-refractivity contribution in [3.63, 3.8) is 0 Å². The maximum atomic E-state index is 10.1. The summed E-state index contributed by atoms with van der Waals surface area (Å²) in [6.07, 6.45) is 2.86. The minimum absolute atomic E-state index is 0.261. The third kappa shape index (κ3) is 2.09. The van der Waals surface area contributed by atoms with Gasteiger partial charge in [0.1, 0.15) is 18.7 Å². The first-order chi connectivity index (χ1) is 5.70. The molecule has 1 atom stereocenters. The number of nitrogens with zero attached hydrogens (tertiary/aromatic N) is 3. The highest BCUT2D eigenvalue weighted by atomic mass is 16.4. The van der Waals surface area contributed by atoms with Crippen LogP contribution in [0.15, 0.2) is 12.7 Å². The molecule has 1 unspecified atom stereocenters. The van der Waals surface area contributed by atoms with Crippen molar-refractivity contribution in [2.75, 3.05) is 0 Å². The van der Waals surface area contributed by atoms with Crippen molar-refractivity contribution in [1.82, 2.24) is 14.8 Å². The smallest absolute Gasteiger partial charge is 0.381 e. The molecule has 1 heterocycles. The van der Waals surface area contributed by atoms with E-state index in [9.17, 15) is 4.79 Å². The SMILES string of the molecule is CC(C#CC(=O)O)n1cncn1. The van der Waals surface area contributed by atoms with Crippen molar-refractivity contribution < 1.29 is 9.90 Å². The summed E-state index contributed by atoms with van der Waals surface area (Å²) in [6, 6.07) is -0.261. The Kier molecular flexibility index (Phi) is 2.43. The van der Waals surface area contributed by atoms with Gasteiger partial charge in [0.15, 0.2) is 0 Å². The van der Waals surface area contributed by atoms with Gasteiger partial charge in [-0.2, -0.15) is 5.10 Å². The molecule has 0 amide bonds. The second kappa shape index (κ2) is 3.53. The standard InChI is InChI=1S/C7H7N3O2/c1-6(2-3-7(11)12)10-5-8-4-9-10/h4-6H,1H3,(H,11,12). The molecule has 0 aliphatic carbocycles. The largest absolute Gasteiger partial charge is 0.472 e. The fourth-order valence-electron chi connectivity index (χ4n) is 0.650. The molecule has 1 aromatic rings. The maximum absolute atomic E-state index is 10.1. The van der Waals surface area contributed by atoms with Gasteiger partial charge in [0.05, 0.1) is 0 Å². The van der Waals surface area contributed by atoms with Crippen LogP contribution in [-0.4, -0.2) is 25.8 Å². The zero-order chi connectivity index (χ0) is 8.97. The number of carbonyl (C=O) groups is 1. The second-order valence-corrected chi connectivity index (χ2v) is 2.13. The molecule has 0 saturated heterocycles. The van der Waals surface area contributed by atoms with Crippen LogP contribution >= 0.6 is 0 Å². The molecule has 0 aliphatic rings. The molecular weight excluding hydrogens is 158 g/mol. The lowest BCUT2D eigenvalue weighted by molar-refractivity contribution is -0.130. The highest BCUT2D eigenvalue weighted by Crippen LogP contribution is 1.97. The average Bonchev–Trinajstić information content (AvgIpc) is 2.51. The lowest BCUT2D eigenvalue weighted by Crippen LogP contribution is -2.03. The van der Waals surface area contributed by atoms with Gasteiger partial charge in [0, 0.05) is 5.92 Å². The van der Waals surface area contributed by atoms with E-state index >= 15 is 0 Å². The number of hydrogen-bond acceptors (Lipinski definition) is 3. The topological polar surface area (TPSA) is 68.0 Å². The van der Waals surface area contributed by atoms with Gasteiger partial charge >= 0.3 is 5.97 Å². The molecule has 62 valence electrons. The van der Waals surface area contributed by atoms with Crippen LogP contribution in [0.4, 0.5) is 0 Å². The minimum atomic E-state index is -1.14. The summed E-state index contributed by atoms with van der Waals surface area (Å²) < 4.78 is 1.48. The Morgan fingerprint density at radius 1 is 1.75 bits per heavy atom. The molecule has 0 saturated carbocycles. The molecule has 5 nitrogen and oxygen atoms in total. The number of aliphatic carboxylic acids is 1. The molecule has 0 spiro atoms. The molecule has 0 aliphatic heterocycles. The van der Waals surface area contributed by atoms with Gasteiger partial charge < -0.3 is 5.11 Å². The summed E-state index contributed by atoms with van der Waals surface area (Å²) >= 11 is 0. The van der Waals surface area contributed by atoms with Crippen LogP contribution in [0.2, 0.25) is 0 Å². The second-order valence-electron chi connectivity index (χ2n) is 2.13. The van der Waals surface area contributed by atoms with Gasteiger partial charge in [-0.25, -0.2) is 14.5 Å². The third-order valence-corrected chi connectivity index (χ3v) is 1.22. The predicted molar refractivity (Wildman–Crippen MR) is 40.1 cm³/mol. The lowest BCUT2D eigenvalue weighted by Gasteiger charge is -2.00. The Hall–Kier alpha value is -1.83. The van der Waals surface area contributed by atoms with E-state index in [1.165, 1.54) is 17.3 Å². The molecule has 1 N–H and O–H groups in total. The van der Waals surface area contributed by atoms with Crippen molar-refractivity contribution in [3.05, 3.63) is 12.7 Å². The van der Waals surface area contributed by atoms with Gasteiger partial charge in [-0.05, 0) is 6.92 Å². The monoisotopic (exact) mass is 165 g/mol. The van der Waals surface area contributed by atoms with E-state index in [-0.39, 0.29) is 6.04 Å². The maximum Gasteiger partial charge on any atom is 0.381 e. The first kappa shape index (κ1) is 8.27. The van der Waals surface area contributed by atoms with E-state index in [1.54, 1.807) is 6.92 Å². The number of carboxylic acids is 1. The number of hydrogen-bond donors (Lipinski definition) is 1. The van der Waals surface area contributed by atoms with Gasteiger partial charge in [-0.3, -0.25) is 0 Å². The summed E-state index contributed by atoms with van der Waals surface area (Å²) in [7, 11) is 0. The zero-order valence-electron chi connectivity index (χ0n) is 6.43. The molecule has 12 heavy (non-hydrogen) atoms. The van der Waals surface area contributed by atoms with E-state index in [1.807, 2.05) is 5.92 Å². The molecule has 0 radical (unpaired) electrons. The number of carboxylic acid groups (broad SMARTS) is 1. The van der Waals surface area contributed by atoms with Crippen molar-refractivity contribution in [2.24, 2.45) is 0 Å². The van der Waals surface area contributed by atoms with Crippen LogP contribution in [0.5, 0.6) is 0 Å². The van der Waals surface area contributed by atoms with Crippen LogP contribution < -0.4 is 0 Å². The number of rotatable bonds is 1. The molecule has 0 bridgehead atoms. The zero-order valence-corrected chi connectivity index (χ0v) is 6.43. The Bertz CT molecular complexity index is 320. The van der Waals surface area contributed by atoms with Crippen molar-refractivity contribution >= 4 is 5.97 Å². The van der Waals surface area contributed by atoms with Crippen molar-refractivity contribution in [2.45, 2.75) is 13.0 Å². The average molecular weight is 165 g/mol. The molecule has 1 aromatic heterocycles. The Morgan fingerprint density at radius 2 is 2.50 bits per heavy atom. The lowest BCUT2D eigenvalue weighted by atomic mass is 10.3. The summed E-state index contributed by atoms with van der Waals surface area (Å²) in [6.45, 7) is 1.74. The van der Waals surface area contributed by atoms with Gasteiger partial charge in [-0.1, -0.05) is 5.92 Å². The first-order valence-electron chi connectivity index (χ1n) is 3.28. The normalized spacial score (nSPS) is 11.4. The summed E-state index contributed by atoms with van der Waals surface area (Å²) in [4.78, 5) is 13.8. The van der Waals surface area contributed by atoms with E-state index in [0.717, 1.165) is 0 Å². The van der Waals surface area contributed by atoms with Crippen LogP contribution in [0.3, 0.4) is 0 Å². The summed E-state index contributed by atoms with van der Waals surface area (Å²) in [5.41, 5.74) is 0. The Morgan fingerprint density at radius 3 is 3.00 bits per heavy atom. The molecular formula is C7H7N3O2. The van der Waals surface area contributed by atoms with Gasteiger partial charge in [-0.15, -0.1) is 0 Å². The van der Waals surface area contributed by atoms with Gasteiger partial charge in [0.2, 0.25) is 0 Å². The van der Waals surface area contributed by atoms with E-state index in [2.05, 4.69) is 16.0 Å². The highest BCUT2D eigenvalue weighted by molar-refractivity contribution is 5.86. The van der Waals surface area contributed by atoms with Gasteiger partial charge in [0.25, 0.3) is 0 Å². The van der Waals surface area contributed by atoms with E-state index in [4.69, 9.17) is 5.11 Å². The van der Waals surface area contributed by atoms with E-state index in [0.29, 0.717) is 0 Å². The van der Waals surface area contributed by atoms with Crippen LogP contribution in [-0.2, 0) is 4.79 Å². The Labute approximate surface area is 69.0 Å². The molecule has 5 heteroatoms. The summed E-state index contributed by atoms with van der Waals surface area (Å²) in [5, 5.41) is 12.0. The summed E-state index contributed by atoms with van der Waals surface area (Å²) in [5.74, 6) is 3.37. The minimum Gasteiger partial charge on any atom is -0.472 e. The van der Waals surface area contributed by atoms with Crippen molar-refractivity contribution in [1.29, 1.82) is 0 Å². The van der Waals surface area contributed by atoms with E-state index < -0.39 is 5.97 Å². The molecule has 1 rings (SSSR count). The molecule has 0 aromatic carbocycles. The van der Waals surface area contributed by atoms with Crippen LogP contribution in [0.25, 0.3) is 0 Å². The fourth-order valence-corrected chi connectivity index (χ4v) is 0.650. The highest BCUT2D eigenvalue weighted by Gasteiger charge is 1.99. The van der Waals surface area contributed by atoms with Crippen LogP contribution in [0, 0.1) is 11.8 Å². The molecule has 0 fully saturated rings. The first-order valence-corrected chi connectivity index (χ1v) is 3.28.